The predicted octanol–water partition coefficient (Wildman–Crippen LogP) is 7.56. The van der Waals surface area contributed by atoms with Crippen molar-refractivity contribution in [1.82, 2.24) is 0 Å². The number of rotatable bonds is 5. The quantitative estimate of drug-likeness (QED) is 0.249. The Morgan fingerprint density at radius 1 is 0.658 bits per heavy atom. The highest BCUT2D eigenvalue weighted by molar-refractivity contribution is 7.79. The van der Waals surface area contributed by atoms with E-state index in [0.29, 0.717) is 6.61 Å². The molecule has 0 saturated heterocycles. The van der Waals surface area contributed by atoms with Gasteiger partial charge in [-0.3, -0.25) is 0 Å². The van der Waals surface area contributed by atoms with Crippen LogP contribution in [0.3, 0.4) is 0 Å². The van der Waals surface area contributed by atoms with Crippen molar-refractivity contribution in [2.24, 2.45) is 4.99 Å². The second-order valence-corrected chi connectivity index (χ2v) is 14.3. The SMILES string of the molecule is CC(C)(C)c1cc(C2=N[C@H](c3ccccc3P(c3ccccc3)c3ccccc3)CO2)cc(C(C)(C)C)c1. The van der Waals surface area contributed by atoms with Gasteiger partial charge in [-0.05, 0) is 63.5 Å². The van der Waals surface area contributed by atoms with E-state index in [0.717, 1.165) is 11.5 Å². The van der Waals surface area contributed by atoms with E-state index in [4.69, 9.17) is 9.73 Å². The molecule has 4 aromatic rings. The summed E-state index contributed by atoms with van der Waals surface area (Å²) >= 11 is 0. The van der Waals surface area contributed by atoms with Crippen LogP contribution in [0.25, 0.3) is 0 Å². The largest absolute Gasteiger partial charge is 0.475 e. The van der Waals surface area contributed by atoms with Crippen LogP contribution in [0.2, 0.25) is 0 Å². The molecule has 1 atom stereocenters. The van der Waals surface area contributed by atoms with Crippen molar-refractivity contribution in [3.63, 3.8) is 0 Å². The number of nitrogens with zero attached hydrogens (tertiary/aromatic N) is 1. The van der Waals surface area contributed by atoms with Crippen molar-refractivity contribution in [2.45, 2.75) is 58.4 Å². The van der Waals surface area contributed by atoms with Crippen molar-refractivity contribution in [3.05, 3.63) is 125 Å². The average molecular weight is 520 g/mol. The first-order chi connectivity index (χ1) is 18.1. The lowest BCUT2D eigenvalue weighted by Gasteiger charge is -2.26. The highest BCUT2D eigenvalue weighted by Gasteiger charge is 2.29. The molecule has 0 saturated carbocycles. The maximum Gasteiger partial charge on any atom is 0.216 e. The highest BCUT2D eigenvalue weighted by atomic mass is 31.1. The Morgan fingerprint density at radius 3 is 1.68 bits per heavy atom. The molecule has 0 amide bonds. The molecular weight excluding hydrogens is 481 g/mol. The van der Waals surface area contributed by atoms with E-state index in [9.17, 15) is 0 Å². The Morgan fingerprint density at radius 2 is 1.16 bits per heavy atom. The van der Waals surface area contributed by atoms with Gasteiger partial charge in [-0.25, -0.2) is 4.99 Å². The minimum atomic E-state index is -0.717. The highest BCUT2D eigenvalue weighted by Crippen LogP contribution is 2.38. The van der Waals surface area contributed by atoms with Gasteiger partial charge in [-0.15, -0.1) is 0 Å². The van der Waals surface area contributed by atoms with E-state index in [1.165, 1.54) is 32.6 Å². The summed E-state index contributed by atoms with van der Waals surface area (Å²) in [4.78, 5) is 5.21. The molecule has 0 aromatic heterocycles. The second-order valence-electron chi connectivity index (χ2n) is 12.1. The molecule has 38 heavy (non-hydrogen) atoms. The van der Waals surface area contributed by atoms with Gasteiger partial charge in [0.25, 0.3) is 0 Å². The van der Waals surface area contributed by atoms with Gasteiger partial charge in [0.2, 0.25) is 5.90 Å². The van der Waals surface area contributed by atoms with Gasteiger partial charge in [0.15, 0.2) is 0 Å². The summed E-state index contributed by atoms with van der Waals surface area (Å²) in [7, 11) is -0.717. The predicted molar refractivity (Wildman–Crippen MR) is 164 cm³/mol. The summed E-state index contributed by atoms with van der Waals surface area (Å²) < 4.78 is 6.34. The average Bonchev–Trinajstić information content (AvgIpc) is 3.40. The fourth-order valence-corrected chi connectivity index (χ4v) is 7.37. The zero-order valence-electron chi connectivity index (χ0n) is 23.4. The zero-order valence-corrected chi connectivity index (χ0v) is 24.3. The summed E-state index contributed by atoms with van der Waals surface area (Å²) in [6, 6.07) is 37.4. The fourth-order valence-electron chi connectivity index (χ4n) is 4.86. The van der Waals surface area contributed by atoms with Gasteiger partial charge in [-0.1, -0.05) is 133 Å². The summed E-state index contributed by atoms with van der Waals surface area (Å²) in [5, 5.41) is 4.03. The van der Waals surface area contributed by atoms with E-state index in [1.54, 1.807) is 0 Å². The fraction of sp³-hybridized carbons (Fsp3) is 0.286. The Labute approximate surface area is 229 Å². The normalized spacial score (nSPS) is 15.9. The lowest BCUT2D eigenvalue weighted by molar-refractivity contribution is 0.320. The molecule has 0 N–H and O–H groups in total. The summed E-state index contributed by atoms with van der Waals surface area (Å²) in [6.45, 7) is 14.2. The van der Waals surface area contributed by atoms with Crippen molar-refractivity contribution < 1.29 is 4.74 Å². The topological polar surface area (TPSA) is 21.6 Å². The molecule has 5 rings (SSSR count). The van der Waals surface area contributed by atoms with E-state index >= 15 is 0 Å². The van der Waals surface area contributed by atoms with Gasteiger partial charge in [0, 0.05) is 5.56 Å². The monoisotopic (exact) mass is 519 g/mol. The summed E-state index contributed by atoms with van der Waals surface area (Å²) in [6.07, 6.45) is 0. The van der Waals surface area contributed by atoms with Gasteiger partial charge >= 0.3 is 0 Å². The molecule has 0 fully saturated rings. The van der Waals surface area contributed by atoms with Crippen molar-refractivity contribution in [3.8, 4) is 0 Å². The lowest BCUT2D eigenvalue weighted by Crippen LogP contribution is -2.24. The van der Waals surface area contributed by atoms with Crippen LogP contribution in [-0.2, 0) is 15.6 Å². The smallest absolute Gasteiger partial charge is 0.216 e. The third kappa shape index (κ3) is 5.62. The maximum absolute atomic E-state index is 6.34. The summed E-state index contributed by atoms with van der Waals surface area (Å²) in [5.41, 5.74) is 5.05. The standard InChI is InChI=1S/C35H38NOP/c1-34(2,3)26-21-25(22-27(23-26)35(4,5)6)33-36-31(24-37-33)30-19-13-14-20-32(30)38(28-15-9-7-10-16-28)29-17-11-8-12-18-29/h7-23,31H,24H2,1-6H3/t31-/m0/s1. The van der Waals surface area contributed by atoms with Crippen LogP contribution in [0.5, 0.6) is 0 Å². The van der Waals surface area contributed by atoms with Crippen molar-refractivity contribution in [1.29, 1.82) is 0 Å². The molecule has 3 heteroatoms. The Bertz CT molecular complexity index is 1360. The molecule has 0 spiro atoms. The van der Waals surface area contributed by atoms with Crippen LogP contribution in [0.4, 0.5) is 0 Å². The number of aliphatic imine (C=N–C) groups is 1. The number of hydrogen-bond acceptors (Lipinski definition) is 2. The molecule has 1 aliphatic heterocycles. The van der Waals surface area contributed by atoms with Crippen LogP contribution in [0.15, 0.2) is 108 Å². The first kappa shape index (κ1) is 26.4. The van der Waals surface area contributed by atoms with Crippen molar-refractivity contribution in [2.75, 3.05) is 6.61 Å². The van der Waals surface area contributed by atoms with Gasteiger partial charge < -0.3 is 4.74 Å². The van der Waals surface area contributed by atoms with E-state index in [2.05, 4.69) is 145 Å². The Balaban J connectivity index is 1.58. The number of ether oxygens (including phenoxy) is 1. The van der Waals surface area contributed by atoms with Crippen molar-refractivity contribution >= 4 is 29.7 Å². The van der Waals surface area contributed by atoms with E-state index in [1.807, 2.05) is 0 Å². The third-order valence-electron chi connectivity index (χ3n) is 7.13. The Hall–Kier alpha value is -3.22. The molecule has 194 valence electrons. The lowest BCUT2D eigenvalue weighted by atomic mass is 9.79. The molecule has 0 aliphatic carbocycles. The molecule has 1 aliphatic rings. The Kier molecular flexibility index (Phi) is 7.30. The number of hydrogen-bond donors (Lipinski definition) is 0. The molecule has 0 radical (unpaired) electrons. The first-order valence-electron chi connectivity index (χ1n) is 13.5. The molecular formula is C35H38NOP. The molecule has 0 unspecified atom stereocenters. The molecule has 4 aromatic carbocycles. The molecule has 2 nitrogen and oxygen atoms in total. The second kappa shape index (κ2) is 10.5. The van der Waals surface area contributed by atoms with E-state index < -0.39 is 7.92 Å². The third-order valence-corrected chi connectivity index (χ3v) is 9.65. The minimum absolute atomic E-state index is 0.0324. The van der Waals surface area contributed by atoms with Gasteiger partial charge in [0.1, 0.15) is 12.6 Å². The van der Waals surface area contributed by atoms with E-state index in [-0.39, 0.29) is 16.9 Å². The minimum Gasteiger partial charge on any atom is -0.475 e. The van der Waals surface area contributed by atoms with Crippen LogP contribution in [0.1, 0.15) is 69.8 Å². The van der Waals surface area contributed by atoms with Gasteiger partial charge in [-0.2, -0.15) is 0 Å². The number of benzene rings is 4. The molecule has 0 bridgehead atoms. The maximum atomic E-state index is 6.34. The van der Waals surface area contributed by atoms with Crippen LogP contribution in [0, 0.1) is 0 Å². The van der Waals surface area contributed by atoms with Crippen LogP contribution >= 0.6 is 7.92 Å². The van der Waals surface area contributed by atoms with Crippen LogP contribution in [-0.4, -0.2) is 12.5 Å². The van der Waals surface area contributed by atoms with Crippen LogP contribution < -0.4 is 15.9 Å². The van der Waals surface area contributed by atoms with Gasteiger partial charge in [0.05, 0.1) is 0 Å². The zero-order chi connectivity index (χ0) is 26.9. The molecule has 1 heterocycles. The first-order valence-corrected chi connectivity index (χ1v) is 14.8. The summed E-state index contributed by atoms with van der Waals surface area (Å²) in [5.74, 6) is 0.755.